The summed E-state index contributed by atoms with van der Waals surface area (Å²) in [5, 5.41) is 23.1. The van der Waals surface area contributed by atoms with Gasteiger partial charge in [-0.05, 0) is 57.8 Å². The van der Waals surface area contributed by atoms with E-state index >= 15 is 0 Å². The van der Waals surface area contributed by atoms with Crippen molar-refractivity contribution in [2.75, 3.05) is 6.61 Å². The molecule has 0 bridgehead atoms. The third-order valence-corrected chi connectivity index (χ3v) is 12.6. The molecule has 0 radical (unpaired) electrons. The minimum absolute atomic E-state index is 0.0733. The summed E-state index contributed by atoms with van der Waals surface area (Å²) < 4.78 is 0. The Bertz CT molecular complexity index is 912. The van der Waals surface area contributed by atoms with Crippen molar-refractivity contribution in [2.45, 2.75) is 309 Å². The highest BCUT2D eigenvalue weighted by Gasteiger charge is 2.18. The molecule has 354 valence electrons. The molecule has 2 atom stereocenters. The van der Waals surface area contributed by atoms with Crippen LogP contribution in [-0.4, -0.2) is 34.9 Å². The largest absolute Gasteiger partial charge is 0.394 e. The number of rotatable bonds is 50. The van der Waals surface area contributed by atoms with Crippen LogP contribution in [0.1, 0.15) is 296 Å². The third kappa shape index (κ3) is 47.7. The monoisotopic (exact) mass is 842 g/mol. The number of aliphatic hydroxyl groups is 2. The van der Waals surface area contributed by atoms with Gasteiger partial charge in [0.25, 0.3) is 0 Å². The lowest BCUT2D eigenvalue weighted by molar-refractivity contribution is -0.123. The average molecular weight is 842 g/mol. The van der Waals surface area contributed by atoms with Crippen LogP contribution in [0.3, 0.4) is 0 Å². The van der Waals surface area contributed by atoms with Gasteiger partial charge < -0.3 is 15.5 Å². The average Bonchev–Trinajstić information content (AvgIpc) is 3.25. The van der Waals surface area contributed by atoms with Crippen molar-refractivity contribution in [3.05, 3.63) is 36.5 Å². The molecule has 0 aromatic rings. The highest BCUT2D eigenvalue weighted by atomic mass is 16.3. The van der Waals surface area contributed by atoms with Gasteiger partial charge in [-0.15, -0.1) is 0 Å². The lowest BCUT2D eigenvalue weighted by Gasteiger charge is -2.19. The topological polar surface area (TPSA) is 69.6 Å². The molecule has 0 saturated heterocycles. The van der Waals surface area contributed by atoms with Gasteiger partial charge in [0.2, 0.25) is 5.91 Å². The number of aliphatic hydroxyl groups excluding tert-OH is 2. The highest BCUT2D eigenvalue weighted by Crippen LogP contribution is 2.16. The van der Waals surface area contributed by atoms with Gasteiger partial charge in [-0.25, -0.2) is 0 Å². The van der Waals surface area contributed by atoms with Crippen LogP contribution in [0.5, 0.6) is 0 Å². The second-order valence-corrected chi connectivity index (χ2v) is 18.6. The first-order valence-corrected chi connectivity index (χ1v) is 27.2. The molecule has 0 aromatic heterocycles. The first kappa shape index (κ1) is 58.6. The van der Waals surface area contributed by atoms with E-state index in [1.165, 1.54) is 244 Å². The van der Waals surface area contributed by atoms with Crippen molar-refractivity contribution in [3.63, 3.8) is 0 Å². The van der Waals surface area contributed by atoms with E-state index in [1.807, 2.05) is 6.08 Å². The normalized spacial score (nSPS) is 13.1. The Morgan fingerprint density at radius 3 is 0.967 bits per heavy atom. The zero-order valence-electron chi connectivity index (χ0n) is 40.7. The Morgan fingerprint density at radius 1 is 0.383 bits per heavy atom. The summed E-state index contributed by atoms with van der Waals surface area (Å²) in [4.78, 5) is 12.5. The van der Waals surface area contributed by atoms with E-state index in [0.717, 1.165) is 32.1 Å². The van der Waals surface area contributed by atoms with Gasteiger partial charge >= 0.3 is 0 Å². The first-order chi connectivity index (χ1) is 29.7. The van der Waals surface area contributed by atoms with E-state index in [1.54, 1.807) is 6.08 Å². The fourth-order valence-corrected chi connectivity index (χ4v) is 8.43. The number of amides is 1. The Hall–Kier alpha value is -1.39. The number of unbranched alkanes of at least 4 members (excludes halogenated alkanes) is 39. The Labute approximate surface area is 376 Å². The van der Waals surface area contributed by atoms with E-state index in [2.05, 4.69) is 43.5 Å². The number of carbonyl (C=O) groups is 1. The van der Waals surface area contributed by atoms with E-state index in [-0.39, 0.29) is 12.5 Å². The molecule has 0 aliphatic heterocycles. The quantitative estimate of drug-likeness (QED) is 0.0422. The standard InChI is InChI=1S/C56H107NO3/c1-3-5-7-9-11-13-15-17-19-21-23-25-27-29-31-33-35-37-39-41-43-45-47-49-51-55(59)54(53-58)57-56(60)52-50-48-46-44-42-40-38-36-34-32-30-28-26-24-22-20-18-16-14-12-10-8-6-4-2/h30,32,41,43,49,51,54-55,58-59H,3-29,31,33-40,42,44-48,50,52-53H2,1-2H3,(H,57,60)/b32-30-,43-41+,51-49+. The maximum absolute atomic E-state index is 12.5. The maximum atomic E-state index is 12.5. The van der Waals surface area contributed by atoms with Crippen molar-refractivity contribution >= 4 is 5.91 Å². The van der Waals surface area contributed by atoms with Gasteiger partial charge in [0.05, 0.1) is 18.8 Å². The van der Waals surface area contributed by atoms with Crippen molar-refractivity contribution in [1.82, 2.24) is 5.32 Å². The second-order valence-electron chi connectivity index (χ2n) is 18.6. The predicted octanol–water partition coefficient (Wildman–Crippen LogP) is 17.7. The minimum Gasteiger partial charge on any atom is -0.394 e. The smallest absolute Gasteiger partial charge is 0.220 e. The van der Waals surface area contributed by atoms with E-state index in [0.29, 0.717) is 6.42 Å². The van der Waals surface area contributed by atoms with Gasteiger partial charge in [0.15, 0.2) is 0 Å². The molecule has 0 spiro atoms. The minimum atomic E-state index is -0.864. The number of nitrogens with one attached hydrogen (secondary N) is 1. The second kappa shape index (κ2) is 52.0. The molecule has 4 heteroatoms. The summed E-state index contributed by atoms with van der Waals surface area (Å²) in [6, 6.07) is -0.641. The van der Waals surface area contributed by atoms with Crippen molar-refractivity contribution in [2.24, 2.45) is 0 Å². The van der Waals surface area contributed by atoms with Crippen LogP contribution in [0.2, 0.25) is 0 Å². The molecule has 60 heavy (non-hydrogen) atoms. The van der Waals surface area contributed by atoms with Gasteiger partial charge in [0.1, 0.15) is 0 Å². The molecule has 0 aliphatic rings. The number of allylic oxidation sites excluding steroid dienone is 5. The lowest BCUT2D eigenvalue weighted by Crippen LogP contribution is -2.45. The van der Waals surface area contributed by atoms with Gasteiger partial charge in [-0.3, -0.25) is 4.79 Å². The summed E-state index contributed by atoms with van der Waals surface area (Å²) >= 11 is 0. The molecule has 4 nitrogen and oxygen atoms in total. The van der Waals surface area contributed by atoms with Crippen molar-refractivity contribution in [1.29, 1.82) is 0 Å². The number of hydrogen-bond acceptors (Lipinski definition) is 3. The van der Waals surface area contributed by atoms with Crippen LogP contribution in [-0.2, 0) is 4.79 Å². The molecule has 2 unspecified atom stereocenters. The first-order valence-electron chi connectivity index (χ1n) is 27.2. The van der Waals surface area contributed by atoms with Crippen LogP contribution >= 0.6 is 0 Å². The van der Waals surface area contributed by atoms with Crippen LogP contribution in [0.25, 0.3) is 0 Å². The van der Waals surface area contributed by atoms with Gasteiger partial charge in [-0.1, -0.05) is 269 Å². The zero-order valence-corrected chi connectivity index (χ0v) is 40.7. The predicted molar refractivity (Wildman–Crippen MR) is 267 cm³/mol. The fourth-order valence-electron chi connectivity index (χ4n) is 8.43. The SMILES string of the molecule is CCCCCCCCCCCCCC/C=C\CCCCCCCCCCC(=O)NC(CO)C(O)/C=C/CC/C=C/CCCCCCCCCCCCCCCCCCCC. The zero-order chi connectivity index (χ0) is 43.5. The van der Waals surface area contributed by atoms with E-state index in [4.69, 9.17) is 0 Å². The molecule has 1 amide bonds. The molecule has 0 fully saturated rings. The van der Waals surface area contributed by atoms with Crippen LogP contribution in [0, 0.1) is 0 Å². The Morgan fingerprint density at radius 2 is 0.650 bits per heavy atom. The van der Waals surface area contributed by atoms with Crippen LogP contribution in [0.4, 0.5) is 0 Å². The summed E-state index contributed by atoms with van der Waals surface area (Å²) in [7, 11) is 0. The Balaban J connectivity index is 3.54. The van der Waals surface area contributed by atoms with E-state index in [9.17, 15) is 15.0 Å². The molecule has 0 heterocycles. The third-order valence-electron chi connectivity index (χ3n) is 12.6. The van der Waals surface area contributed by atoms with Gasteiger partial charge in [0, 0.05) is 6.42 Å². The molecular formula is C56H107NO3. The number of hydrogen-bond donors (Lipinski definition) is 3. The maximum Gasteiger partial charge on any atom is 0.220 e. The molecule has 0 rings (SSSR count). The Kier molecular flexibility index (Phi) is 50.8. The summed E-state index contributed by atoms with van der Waals surface area (Å²) in [5.74, 6) is -0.0733. The lowest BCUT2D eigenvalue weighted by atomic mass is 10.0. The highest BCUT2D eigenvalue weighted by molar-refractivity contribution is 5.76. The van der Waals surface area contributed by atoms with Crippen molar-refractivity contribution < 1.29 is 15.0 Å². The summed E-state index contributed by atoms with van der Waals surface area (Å²) in [6.45, 7) is 4.33. The fraction of sp³-hybridized carbons (Fsp3) is 0.875. The van der Waals surface area contributed by atoms with Crippen LogP contribution in [0.15, 0.2) is 36.5 Å². The molecule has 3 N–H and O–H groups in total. The van der Waals surface area contributed by atoms with Crippen LogP contribution < -0.4 is 5.32 Å². The molecular weight excluding hydrogens is 735 g/mol. The summed E-state index contributed by atoms with van der Waals surface area (Å²) in [5.41, 5.74) is 0. The van der Waals surface area contributed by atoms with Crippen molar-refractivity contribution in [3.8, 4) is 0 Å². The number of carbonyl (C=O) groups excluding carboxylic acids is 1. The molecule has 0 aliphatic carbocycles. The molecule has 0 aromatic carbocycles. The molecule has 0 saturated carbocycles. The summed E-state index contributed by atoms with van der Waals surface area (Å²) in [6.07, 6.45) is 70.1. The van der Waals surface area contributed by atoms with E-state index < -0.39 is 12.1 Å². The van der Waals surface area contributed by atoms with Gasteiger partial charge in [-0.2, -0.15) is 0 Å².